The Balaban J connectivity index is 1.86. The number of hydrogen-bond acceptors (Lipinski definition) is 3. The van der Waals surface area contributed by atoms with Gasteiger partial charge in [-0.15, -0.1) is 0 Å². The molecule has 0 amide bonds. The fourth-order valence-electron chi connectivity index (χ4n) is 2.12. The SMILES string of the molecule is CCCc1c[nH]c(-c2c[nH]nc2Cc2ccco2)n1. The number of H-pyrrole nitrogens is 2. The van der Waals surface area contributed by atoms with E-state index in [-0.39, 0.29) is 0 Å². The molecule has 0 fully saturated rings. The second-order valence-corrected chi connectivity index (χ2v) is 4.49. The summed E-state index contributed by atoms with van der Waals surface area (Å²) in [5, 5.41) is 7.18. The number of aromatic amines is 2. The molecule has 5 heteroatoms. The third-order valence-corrected chi connectivity index (χ3v) is 3.03. The first-order valence-corrected chi connectivity index (χ1v) is 6.46. The molecule has 3 rings (SSSR count). The van der Waals surface area contributed by atoms with Crippen molar-refractivity contribution in [3.05, 3.63) is 47.9 Å². The second kappa shape index (κ2) is 5.14. The Hall–Kier alpha value is -2.30. The van der Waals surface area contributed by atoms with Gasteiger partial charge in [0.25, 0.3) is 0 Å². The predicted molar refractivity (Wildman–Crippen MR) is 71.7 cm³/mol. The van der Waals surface area contributed by atoms with E-state index in [0.29, 0.717) is 6.42 Å². The maximum atomic E-state index is 5.36. The van der Waals surface area contributed by atoms with Crippen LogP contribution in [0.15, 0.2) is 35.2 Å². The largest absolute Gasteiger partial charge is 0.469 e. The van der Waals surface area contributed by atoms with Gasteiger partial charge in [0, 0.05) is 12.4 Å². The van der Waals surface area contributed by atoms with Crippen molar-refractivity contribution in [2.75, 3.05) is 0 Å². The molecule has 0 aliphatic carbocycles. The number of rotatable bonds is 5. The van der Waals surface area contributed by atoms with Gasteiger partial charge in [0.2, 0.25) is 0 Å². The molecule has 0 saturated carbocycles. The molecule has 0 saturated heterocycles. The maximum Gasteiger partial charge on any atom is 0.141 e. The van der Waals surface area contributed by atoms with Gasteiger partial charge >= 0.3 is 0 Å². The van der Waals surface area contributed by atoms with Crippen LogP contribution in [0.2, 0.25) is 0 Å². The standard InChI is InChI=1S/C14H16N4O/c1-2-4-10-8-15-14(17-10)12-9-16-18-13(12)7-11-5-3-6-19-11/h3,5-6,8-9H,2,4,7H2,1H3,(H,15,17)(H,16,18). The van der Waals surface area contributed by atoms with Gasteiger partial charge in [0.05, 0.1) is 29.6 Å². The van der Waals surface area contributed by atoms with Crippen molar-refractivity contribution in [2.24, 2.45) is 0 Å². The summed E-state index contributed by atoms with van der Waals surface area (Å²) in [6.45, 7) is 2.15. The van der Waals surface area contributed by atoms with Crippen LogP contribution in [0.4, 0.5) is 0 Å². The average Bonchev–Trinajstić information content (AvgIpc) is 3.11. The van der Waals surface area contributed by atoms with E-state index in [9.17, 15) is 0 Å². The highest BCUT2D eigenvalue weighted by Crippen LogP contribution is 2.21. The van der Waals surface area contributed by atoms with E-state index < -0.39 is 0 Å². The Morgan fingerprint density at radius 3 is 3.05 bits per heavy atom. The minimum Gasteiger partial charge on any atom is -0.469 e. The number of furan rings is 1. The maximum absolute atomic E-state index is 5.36. The second-order valence-electron chi connectivity index (χ2n) is 4.49. The van der Waals surface area contributed by atoms with Crippen LogP contribution in [0.1, 0.15) is 30.5 Å². The van der Waals surface area contributed by atoms with Crippen molar-refractivity contribution in [3.8, 4) is 11.4 Å². The van der Waals surface area contributed by atoms with Crippen molar-refractivity contribution in [3.63, 3.8) is 0 Å². The fraction of sp³-hybridized carbons (Fsp3) is 0.286. The molecule has 0 aliphatic rings. The van der Waals surface area contributed by atoms with Gasteiger partial charge in [-0.25, -0.2) is 4.98 Å². The van der Waals surface area contributed by atoms with Crippen LogP contribution < -0.4 is 0 Å². The summed E-state index contributed by atoms with van der Waals surface area (Å²) < 4.78 is 5.36. The smallest absolute Gasteiger partial charge is 0.141 e. The molecule has 0 atom stereocenters. The third-order valence-electron chi connectivity index (χ3n) is 3.03. The molecule has 0 aliphatic heterocycles. The highest BCUT2D eigenvalue weighted by atomic mass is 16.3. The lowest BCUT2D eigenvalue weighted by Crippen LogP contribution is -1.91. The quantitative estimate of drug-likeness (QED) is 0.737. The lowest BCUT2D eigenvalue weighted by atomic mass is 10.1. The van der Waals surface area contributed by atoms with E-state index >= 15 is 0 Å². The Kier molecular flexibility index (Phi) is 3.18. The lowest BCUT2D eigenvalue weighted by molar-refractivity contribution is 0.519. The van der Waals surface area contributed by atoms with Crippen molar-refractivity contribution in [1.29, 1.82) is 0 Å². The van der Waals surface area contributed by atoms with E-state index in [4.69, 9.17) is 4.42 Å². The predicted octanol–water partition coefficient (Wildman–Crippen LogP) is 2.94. The molecular formula is C14H16N4O. The number of aryl methyl sites for hydroxylation is 1. The highest BCUT2D eigenvalue weighted by molar-refractivity contribution is 5.57. The molecule has 0 radical (unpaired) electrons. The summed E-state index contributed by atoms with van der Waals surface area (Å²) in [5.74, 6) is 1.76. The van der Waals surface area contributed by atoms with Crippen molar-refractivity contribution in [1.82, 2.24) is 20.2 Å². The van der Waals surface area contributed by atoms with Crippen molar-refractivity contribution >= 4 is 0 Å². The normalized spacial score (nSPS) is 11.0. The Labute approximate surface area is 111 Å². The average molecular weight is 256 g/mol. The molecule has 0 unspecified atom stereocenters. The molecule has 98 valence electrons. The van der Waals surface area contributed by atoms with E-state index in [0.717, 1.165) is 41.4 Å². The van der Waals surface area contributed by atoms with Gasteiger partial charge in [-0.2, -0.15) is 5.10 Å². The summed E-state index contributed by atoms with van der Waals surface area (Å²) in [4.78, 5) is 7.80. The summed E-state index contributed by atoms with van der Waals surface area (Å²) in [5.41, 5.74) is 3.02. The van der Waals surface area contributed by atoms with Gasteiger partial charge in [-0.3, -0.25) is 5.10 Å². The summed E-state index contributed by atoms with van der Waals surface area (Å²) in [6.07, 6.45) is 8.25. The van der Waals surface area contributed by atoms with Gasteiger partial charge in [-0.05, 0) is 18.6 Å². The zero-order chi connectivity index (χ0) is 13.1. The molecule has 19 heavy (non-hydrogen) atoms. The van der Waals surface area contributed by atoms with Gasteiger partial charge in [0.1, 0.15) is 11.6 Å². The van der Waals surface area contributed by atoms with E-state index in [1.165, 1.54) is 0 Å². The van der Waals surface area contributed by atoms with Gasteiger partial charge in [-0.1, -0.05) is 13.3 Å². The zero-order valence-corrected chi connectivity index (χ0v) is 10.8. The minimum atomic E-state index is 0.662. The Morgan fingerprint density at radius 1 is 1.32 bits per heavy atom. The molecule has 0 spiro atoms. The number of nitrogens with zero attached hydrogens (tertiary/aromatic N) is 2. The summed E-state index contributed by atoms with van der Waals surface area (Å²) in [6, 6.07) is 3.83. The molecular weight excluding hydrogens is 240 g/mol. The van der Waals surface area contributed by atoms with Crippen molar-refractivity contribution in [2.45, 2.75) is 26.2 Å². The van der Waals surface area contributed by atoms with Crippen LogP contribution in [0, 0.1) is 0 Å². The molecule has 5 nitrogen and oxygen atoms in total. The first-order valence-electron chi connectivity index (χ1n) is 6.46. The number of imidazole rings is 1. The number of aromatic nitrogens is 4. The zero-order valence-electron chi connectivity index (χ0n) is 10.8. The first-order chi connectivity index (χ1) is 9.36. The first kappa shape index (κ1) is 11.8. The van der Waals surface area contributed by atoms with E-state index in [2.05, 4.69) is 27.1 Å². The van der Waals surface area contributed by atoms with E-state index in [1.54, 1.807) is 6.26 Å². The molecule has 3 aromatic heterocycles. The molecule has 0 bridgehead atoms. The Morgan fingerprint density at radius 2 is 2.26 bits per heavy atom. The molecule has 2 N–H and O–H groups in total. The molecule has 3 heterocycles. The fourth-order valence-corrected chi connectivity index (χ4v) is 2.12. The molecule has 0 aromatic carbocycles. The van der Waals surface area contributed by atoms with Crippen LogP contribution in [0.25, 0.3) is 11.4 Å². The highest BCUT2D eigenvalue weighted by Gasteiger charge is 2.13. The number of nitrogens with one attached hydrogen (secondary N) is 2. The lowest BCUT2D eigenvalue weighted by Gasteiger charge is -1.97. The topological polar surface area (TPSA) is 70.5 Å². The van der Waals surface area contributed by atoms with E-state index in [1.807, 2.05) is 24.5 Å². The van der Waals surface area contributed by atoms with Crippen molar-refractivity contribution < 1.29 is 4.42 Å². The van der Waals surface area contributed by atoms with Gasteiger partial charge in [0.15, 0.2) is 0 Å². The van der Waals surface area contributed by atoms with Gasteiger partial charge < -0.3 is 9.40 Å². The summed E-state index contributed by atoms with van der Waals surface area (Å²) >= 11 is 0. The minimum absolute atomic E-state index is 0.662. The number of hydrogen-bond donors (Lipinski definition) is 2. The monoisotopic (exact) mass is 256 g/mol. The van der Waals surface area contributed by atoms with Crippen LogP contribution in [0.5, 0.6) is 0 Å². The third kappa shape index (κ3) is 2.45. The van der Waals surface area contributed by atoms with Crippen LogP contribution in [-0.2, 0) is 12.8 Å². The van der Waals surface area contributed by atoms with Crippen LogP contribution in [0.3, 0.4) is 0 Å². The van der Waals surface area contributed by atoms with Crippen LogP contribution in [-0.4, -0.2) is 20.2 Å². The Bertz CT molecular complexity index is 636. The molecule has 3 aromatic rings. The summed E-state index contributed by atoms with van der Waals surface area (Å²) in [7, 11) is 0. The van der Waals surface area contributed by atoms with Crippen LogP contribution >= 0.6 is 0 Å².